The molecule has 1 amide bonds. The number of carbonyl (C=O) groups excluding carboxylic acids is 2. The van der Waals surface area contributed by atoms with Gasteiger partial charge < -0.3 is 14.8 Å². The number of anilines is 1. The summed E-state index contributed by atoms with van der Waals surface area (Å²) < 4.78 is 11.6. The van der Waals surface area contributed by atoms with Gasteiger partial charge in [0.15, 0.2) is 6.61 Å². The van der Waals surface area contributed by atoms with Crippen molar-refractivity contribution in [2.24, 2.45) is 7.05 Å². The summed E-state index contributed by atoms with van der Waals surface area (Å²) in [6.07, 6.45) is 0.226. The Balaban J connectivity index is 1.55. The minimum Gasteiger partial charge on any atom is -0.495 e. The fourth-order valence-electron chi connectivity index (χ4n) is 2.85. The molecule has 0 radical (unpaired) electrons. The molecule has 0 aliphatic carbocycles. The number of hydrogen-bond donors (Lipinski definition) is 1. The molecule has 1 N–H and O–H groups in total. The van der Waals surface area contributed by atoms with Crippen LogP contribution in [0.4, 0.5) is 5.69 Å². The molecule has 0 aliphatic heterocycles. The average Bonchev–Trinajstić information content (AvgIpc) is 2.74. The van der Waals surface area contributed by atoms with Gasteiger partial charge in [-0.2, -0.15) is 0 Å². The molecular weight excluding hydrogens is 374 g/mol. The number of carbonyl (C=O) groups is 2. The predicted octanol–water partition coefficient (Wildman–Crippen LogP) is 2.06. The Kier molecular flexibility index (Phi) is 6.23. The number of esters is 1. The van der Waals surface area contributed by atoms with E-state index >= 15 is 0 Å². The van der Waals surface area contributed by atoms with E-state index in [1.165, 1.54) is 11.7 Å². The lowest BCUT2D eigenvalue weighted by atomic mass is 10.2. The molecule has 0 saturated heterocycles. The topological polar surface area (TPSA) is 99.5 Å². The lowest BCUT2D eigenvalue weighted by Crippen LogP contribution is -2.24. The summed E-state index contributed by atoms with van der Waals surface area (Å²) in [6, 6.07) is 14.0. The molecular formula is C21H21N3O5. The third-order valence-electron chi connectivity index (χ3n) is 4.37. The third-order valence-corrected chi connectivity index (χ3v) is 4.37. The molecule has 1 aromatic heterocycles. The monoisotopic (exact) mass is 395 g/mol. The molecule has 150 valence electrons. The number of ether oxygens (including phenoxy) is 2. The van der Waals surface area contributed by atoms with Crippen LogP contribution in [0.1, 0.15) is 12.2 Å². The van der Waals surface area contributed by atoms with Crippen LogP contribution in [0.3, 0.4) is 0 Å². The number of aromatic nitrogens is 2. The van der Waals surface area contributed by atoms with Crippen molar-refractivity contribution in [3.05, 3.63) is 64.7 Å². The molecule has 29 heavy (non-hydrogen) atoms. The molecule has 0 atom stereocenters. The number of methoxy groups -OCH3 is 1. The van der Waals surface area contributed by atoms with Crippen LogP contribution < -0.4 is 15.6 Å². The van der Waals surface area contributed by atoms with Crippen molar-refractivity contribution in [1.29, 1.82) is 0 Å². The number of nitrogens with zero attached hydrogens (tertiary/aromatic N) is 2. The Morgan fingerprint density at radius 2 is 1.83 bits per heavy atom. The number of para-hydroxylation sites is 3. The van der Waals surface area contributed by atoms with Gasteiger partial charge in [0.05, 0.1) is 30.1 Å². The van der Waals surface area contributed by atoms with E-state index in [4.69, 9.17) is 9.47 Å². The van der Waals surface area contributed by atoms with E-state index in [1.54, 1.807) is 55.6 Å². The van der Waals surface area contributed by atoms with E-state index in [1.807, 2.05) is 0 Å². The first kappa shape index (κ1) is 20.1. The number of fused-ring (bicyclic) bond motifs is 1. The number of aryl methyl sites for hydroxylation is 1. The average molecular weight is 395 g/mol. The van der Waals surface area contributed by atoms with Crippen molar-refractivity contribution in [3.8, 4) is 5.75 Å². The van der Waals surface area contributed by atoms with Crippen molar-refractivity contribution in [3.63, 3.8) is 0 Å². The minimum absolute atomic E-state index is 0.000554. The van der Waals surface area contributed by atoms with Gasteiger partial charge >= 0.3 is 5.97 Å². The van der Waals surface area contributed by atoms with E-state index in [-0.39, 0.29) is 18.4 Å². The van der Waals surface area contributed by atoms with Crippen LogP contribution in [-0.4, -0.2) is 35.1 Å². The summed E-state index contributed by atoms with van der Waals surface area (Å²) in [6.45, 7) is -0.416. The normalized spacial score (nSPS) is 10.6. The van der Waals surface area contributed by atoms with Crippen LogP contribution in [0.15, 0.2) is 53.3 Å². The van der Waals surface area contributed by atoms with Crippen molar-refractivity contribution in [2.75, 3.05) is 19.0 Å². The second-order valence-electron chi connectivity index (χ2n) is 6.32. The van der Waals surface area contributed by atoms with Crippen LogP contribution in [0.25, 0.3) is 10.9 Å². The summed E-state index contributed by atoms with van der Waals surface area (Å²) >= 11 is 0. The second kappa shape index (κ2) is 9.01. The zero-order valence-corrected chi connectivity index (χ0v) is 16.2. The quantitative estimate of drug-likeness (QED) is 0.615. The molecule has 0 fully saturated rings. The van der Waals surface area contributed by atoms with E-state index in [2.05, 4.69) is 10.3 Å². The van der Waals surface area contributed by atoms with Gasteiger partial charge in [-0.25, -0.2) is 4.98 Å². The summed E-state index contributed by atoms with van der Waals surface area (Å²) in [5.41, 5.74) is 0.900. The van der Waals surface area contributed by atoms with Crippen molar-refractivity contribution >= 4 is 28.5 Å². The highest BCUT2D eigenvalue weighted by molar-refractivity contribution is 5.94. The van der Waals surface area contributed by atoms with E-state index < -0.39 is 18.5 Å². The molecule has 0 aliphatic rings. The standard InChI is InChI=1S/C21H21N3O5/c1-24-18(22-15-8-4-3-7-14(15)21(24)27)11-12-20(26)29-13-19(25)23-16-9-5-6-10-17(16)28-2/h3-10H,11-13H2,1-2H3,(H,23,25). The maximum Gasteiger partial charge on any atom is 0.306 e. The van der Waals surface area contributed by atoms with Gasteiger partial charge in [0.25, 0.3) is 11.5 Å². The Hall–Kier alpha value is -3.68. The van der Waals surface area contributed by atoms with Gasteiger partial charge in [0.1, 0.15) is 11.6 Å². The molecule has 2 aromatic carbocycles. The molecule has 0 unspecified atom stereocenters. The molecule has 0 spiro atoms. The maximum atomic E-state index is 12.4. The third kappa shape index (κ3) is 4.78. The Bertz CT molecular complexity index is 1110. The fraction of sp³-hybridized carbons (Fsp3) is 0.238. The summed E-state index contributed by atoms with van der Waals surface area (Å²) in [5.74, 6) is -0.0405. The summed E-state index contributed by atoms with van der Waals surface area (Å²) in [4.78, 5) is 40.8. The molecule has 0 saturated carbocycles. The molecule has 3 rings (SSSR count). The van der Waals surface area contributed by atoms with Crippen molar-refractivity contribution < 1.29 is 19.1 Å². The van der Waals surface area contributed by atoms with Crippen LogP contribution in [-0.2, 0) is 27.8 Å². The second-order valence-corrected chi connectivity index (χ2v) is 6.32. The number of amides is 1. The van der Waals surface area contributed by atoms with Gasteiger partial charge in [-0.15, -0.1) is 0 Å². The van der Waals surface area contributed by atoms with E-state index in [0.717, 1.165) is 0 Å². The van der Waals surface area contributed by atoms with E-state index in [0.29, 0.717) is 28.2 Å². The minimum atomic E-state index is -0.553. The molecule has 3 aromatic rings. The zero-order valence-electron chi connectivity index (χ0n) is 16.2. The predicted molar refractivity (Wildman–Crippen MR) is 108 cm³/mol. The van der Waals surface area contributed by atoms with Crippen LogP contribution in [0.5, 0.6) is 5.75 Å². The number of benzene rings is 2. The first-order valence-electron chi connectivity index (χ1n) is 9.02. The summed E-state index contributed by atoms with van der Waals surface area (Å²) in [5, 5.41) is 3.15. The highest BCUT2D eigenvalue weighted by Gasteiger charge is 2.13. The van der Waals surface area contributed by atoms with Gasteiger partial charge in [0, 0.05) is 13.5 Å². The van der Waals surface area contributed by atoms with E-state index in [9.17, 15) is 14.4 Å². The van der Waals surface area contributed by atoms with Gasteiger partial charge in [-0.05, 0) is 24.3 Å². The smallest absolute Gasteiger partial charge is 0.306 e. The van der Waals surface area contributed by atoms with Crippen LogP contribution >= 0.6 is 0 Å². The molecule has 0 bridgehead atoms. The first-order valence-corrected chi connectivity index (χ1v) is 9.02. The Labute approximate surface area is 167 Å². The largest absolute Gasteiger partial charge is 0.495 e. The highest BCUT2D eigenvalue weighted by Crippen LogP contribution is 2.22. The number of hydrogen-bond acceptors (Lipinski definition) is 6. The first-order chi connectivity index (χ1) is 14.0. The van der Waals surface area contributed by atoms with Crippen LogP contribution in [0, 0.1) is 0 Å². The summed E-state index contributed by atoms with van der Waals surface area (Å²) in [7, 11) is 3.11. The van der Waals surface area contributed by atoms with Crippen molar-refractivity contribution in [1.82, 2.24) is 9.55 Å². The number of nitrogens with one attached hydrogen (secondary N) is 1. The Morgan fingerprint density at radius 3 is 2.62 bits per heavy atom. The Morgan fingerprint density at radius 1 is 1.10 bits per heavy atom. The van der Waals surface area contributed by atoms with Gasteiger partial charge in [-0.3, -0.25) is 19.0 Å². The van der Waals surface area contributed by atoms with Gasteiger partial charge in [0.2, 0.25) is 0 Å². The van der Waals surface area contributed by atoms with Crippen LogP contribution in [0.2, 0.25) is 0 Å². The SMILES string of the molecule is COc1ccccc1NC(=O)COC(=O)CCc1nc2ccccc2c(=O)n1C. The zero-order chi connectivity index (χ0) is 20.8. The van der Waals surface area contributed by atoms with Gasteiger partial charge in [-0.1, -0.05) is 24.3 Å². The maximum absolute atomic E-state index is 12.4. The lowest BCUT2D eigenvalue weighted by Gasteiger charge is -2.11. The molecule has 8 nitrogen and oxygen atoms in total. The van der Waals surface area contributed by atoms with Crippen molar-refractivity contribution in [2.45, 2.75) is 12.8 Å². The molecule has 8 heteroatoms. The highest BCUT2D eigenvalue weighted by atomic mass is 16.5. The lowest BCUT2D eigenvalue weighted by molar-refractivity contribution is -0.147. The fourth-order valence-corrected chi connectivity index (χ4v) is 2.85. The number of rotatable bonds is 7. The molecule has 1 heterocycles.